The van der Waals surface area contributed by atoms with E-state index in [1.165, 1.54) is 0 Å². The van der Waals surface area contributed by atoms with Gasteiger partial charge < -0.3 is 5.73 Å². The molecule has 4 nitrogen and oxygen atoms in total. The van der Waals surface area contributed by atoms with Gasteiger partial charge in [-0.05, 0) is 46.3 Å². The highest BCUT2D eigenvalue weighted by atomic mass is 79.9. The van der Waals surface area contributed by atoms with Crippen LogP contribution in [0.15, 0.2) is 41.0 Å². The van der Waals surface area contributed by atoms with Crippen LogP contribution in [0.4, 0.5) is 5.69 Å². The Labute approximate surface area is 117 Å². The molecule has 0 bridgehead atoms. The quantitative estimate of drug-likeness (QED) is 0.698. The van der Waals surface area contributed by atoms with Gasteiger partial charge in [0, 0.05) is 21.9 Å². The van der Waals surface area contributed by atoms with E-state index in [1.54, 1.807) is 12.1 Å². The number of nitrogens with two attached hydrogens (primary N) is 1. The molecule has 0 radical (unpaired) electrons. The summed E-state index contributed by atoms with van der Waals surface area (Å²) in [7, 11) is 0. The molecule has 2 aromatic heterocycles. The van der Waals surface area contributed by atoms with Gasteiger partial charge in [-0.15, -0.1) is 10.2 Å². The number of benzene rings is 1. The van der Waals surface area contributed by atoms with Crippen molar-refractivity contribution in [2.75, 3.05) is 5.73 Å². The zero-order valence-corrected chi connectivity index (χ0v) is 11.5. The van der Waals surface area contributed by atoms with Crippen LogP contribution in [0.3, 0.4) is 0 Å². The molecule has 6 heteroatoms. The summed E-state index contributed by atoms with van der Waals surface area (Å²) < 4.78 is 2.82. The van der Waals surface area contributed by atoms with Crippen molar-refractivity contribution in [2.45, 2.75) is 0 Å². The van der Waals surface area contributed by atoms with Gasteiger partial charge in [0.25, 0.3) is 0 Å². The standard InChI is InChI=1S/C12H8BrClN4/c13-7-1-4-11-16-17-12(18(11)6-7)9-3-2-8(15)5-10(9)14/h1-6H,15H2. The fourth-order valence-corrected chi connectivity index (χ4v) is 2.37. The Balaban J connectivity index is 2.28. The van der Waals surface area contributed by atoms with E-state index in [0.717, 1.165) is 15.7 Å². The molecule has 0 unspecified atom stereocenters. The van der Waals surface area contributed by atoms with Gasteiger partial charge in [0.1, 0.15) is 0 Å². The third-order valence-electron chi connectivity index (χ3n) is 2.60. The predicted octanol–water partition coefficient (Wildman–Crippen LogP) is 3.39. The van der Waals surface area contributed by atoms with Gasteiger partial charge in [-0.3, -0.25) is 4.40 Å². The minimum absolute atomic E-state index is 0.560. The number of halogens is 2. The lowest BCUT2D eigenvalue weighted by Gasteiger charge is -2.04. The largest absolute Gasteiger partial charge is 0.399 e. The second-order valence-electron chi connectivity index (χ2n) is 3.84. The average molecular weight is 324 g/mol. The first-order chi connectivity index (χ1) is 8.65. The summed E-state index contributed by atoms with van der Waals surface area (Å²) in [6, 6.07) is 9.13. The summed E-state index contributed by atoms with van der Waals surface area (Å²) in [5, 5.41) is 8.83. The Morgan fingerprint density at radius 3 is 2.78 bits per heavy atom. The maximum Gasteiger partial charge on any atom is 0.169 e. The first-order valence-corrected chi connectivity index (χ1v) is 6.38. The zero-order chi connectivity index (χ0) is 12.7. The molecule has 0 saturated carbocycles. The summed E-state index contributed by atoms with van der Waals surface area (Å²) in [6.07, 6.45) is 1.90. The molecule has 0 aliphatic carbocycles. The molecule has 3 rings (SSSR count). The van der Waals surface area contributed by atoms with Crippen LogP contribution >= 0.6 is 27.5 Å². The average Bonchev–Trinajstić information content (AvgIpc) is 2.72. The first kappa shape index (κ1) is 11.5. The molecule has 90 valence electrons. The van der Waals surface area contributed by atoms with Crippen molar-refractivity contribution < 1.29 is 0 Å². The zero-order valence-electron chi connectivity index (χ0n) is 9.14. The lowest BCUT2D eigenvalue weighted by atomic mass is 10.2. The molecule has 0 saturated heterocycles. The van der Waals surface area contributed by atoms with Crippen LogP contribution in [-0.4, -0.2) is 14.6 Å². The fraction of sp³-hybridized carbons (Fsp3) is 0. The number of rotatable bonds is 1. The summed E-state index contributed by atoms with van der Waals surface area (Å²) in [5.41, 5.74) is 7.87. The van der Waals surface area contributed by atoms with Gasteiger partial charge in [0.15, 0.2) is 11.5 Å². The summed E-state index contributed by atoms with van der Waals surface area (Å²) >= 11 is 9.61. The molecule has 2 N–H and O–H groups in total. The van der Waals surface area contributed by atoms with Crippen LogP contribution in [0, 0.1) is 0 Å². The molecule has 0 aliphatic rings. The highest BCUT2D eigenvalue weighted by Gasteiger charge is 2.11. The van der Waals surface area contributed by atoms with Gasteiger partial charge in [0.2, 0.25) is 0 Å². The highest BCUT2D eigenvalue weighted by molar-refractivity contribution is 9.10. The number of pyridine rings is 1. The van der Waals surface area contributed by atoms with Crippen molar-refractivity contribution in [2.24, 2.45) is 0 Å². The minimum atomic E-state index is 0.560. The maximum atomic E-state index is 6.19. The monoisotopic (exact) mass is 322 g/mol. The molecule has 0 aliphatic heterocycles. The lowest BCUT2D eigenvalue weighted by molar-refractivity contribution is 1.11. The third kappa shape index (κ3) is 1.85. The van der Waals surface area contributed by atoms with Crippen molar-refractivity contribution in [3.8, 4) is 11.4 Å². The Bertz CT molecular complexity index is 738. The molecule has 2 heterocycles. The van der Waals surface area contributed by atoms with Gasteiger partial charge in [0.05, 0.1) is 5.02 Å². The fourth-order valence-electron chi connectivity index (χ4n) is 1.76. The van der Waals surface area contributed by atoms with Gasteiger partial charge in [-0.25, -0.2) is 0 Å². The van der Waals surface area contributed by atoms with Crippen molar-refractivity contribution >= 4 is 38.9 Å². The van der Waals surface area contributed by atoms with Crippen LogP contribution in [0.25, 0.3) is 17.0 Å². The van der Waals surface area contributed by atoms with E-state index >= 15 is 0 Å². The maximum absolute atomic E-state index is 6.19. The van der Waals surface area contributed by atoms with E-state index < -0.39 is 0 Å². The van der Waals surface area contributed by atoms with Crippen LogP contribution in [0.5, 0.6) is 0 Å². The van der Waals surface area contributed by atoms with Crippen LogP contribution in [0.2, 0.25) is 5.02 Å². The molecule has 0 amide bonds. The Morgan fingerprint density at radius 2 is 2.00 bits per heavy atom. The topological polar surface area (TPSA) is 56.2 Å². The second-order valence-corrected chi connectivity index (χ2v) is 5.16. The lowest BCUT2D eigenvalue weighted by Crippen LogP contribution is -1.91. The van der Waals surface area contributed by atoms with E-state index in [1.807, 2.05) is 28.8 Å². The van der Waals surface area contributed by atoms with Crippen LogP contribution in [-0.2, 0) is 0 Å². The summed E-state index contributed by atoms with van der Waals surface area (Å²) in [4.78, 5) is 0. The predicted molar refractivity (Wildman–Crippen MR) is 75.5 cm³/mol. The van der Waals surface area contributed by atoms with Crippen LogP contribution < -0.4 is 5.73 Å². The number of anilines is 1. The Hall–Kier alpha value is -1.59. The van der Waals surface area contributed by atoms with Gasteiger partial charge in [-0.1, -0.05) is 11.6 Å². The molecule has 18 heavy (non-hydrogen) atoms. The normalized spacial score (nSPS) is 11.0. The number of aromatic nitrogens is 3. The number of nitrogens with zero attached hydrogens (tertiary/aromatic N) is 3. The molecular formula is C12H8BrClN4. The van der Waals surface area contributed by atoms with E-state index in [0.29, 0.717) is 16.5 Å². The summed E-state index contributed by atoms with van der Waals surface area (Å²) in [5.74, 6) is 0.691. The van der Waals surface area contributed by atoms with Crippen molar-refractivity contribution in [3.05, 3.63) is 46.0 Å². The minimum Gasteiger partial charge on any atom is -0.399 e. The molecule has 0 atom stereocenters. The number of hydrogen-bond donors (Lipinski definition) is 1. The second kappa shape index (κ2) is 4.26. The molecule has 3 aromatic rings. The third-order valence-corrected chi connectivity index (χ3v) is 3.38. The first-order valence-electron chi connectivity index (χ1n) is 5.21. The molecule has 1 aromatic carbocycles. The number of hydrogen-bond acceptors (Lipinski definition) is 3. The van der Waals surface area contributed by atoms with E-state index in [9.17, 15) is 0 Å². The van der Waals surface area contributed by atoms with Gasteiger partial charge in [-0.2, -0.15) is 0 Å². The van der Waals surface area contributed by atoms with E-state index in [-0.39, 0.29) is 0 Å². The van der Waals surface area contributed by atoms with Crippen molar-refractivity contribution in [3.63, 3.8) is 0 Å². The molecular weight excluding hydrogens is 316 g/mol. The van der Waals surface area contributed by atoms with Gasteiger partial charge >= 0.3 is 0 Å². The van der Waals surface area contributed by atoms with Crippen molar-refractivity contribution in [1.82, 2.24) is 14.6 Å². The smallest absolute Gasteiger partial charge is 0.169 e. The number of fused-ring (bicyclic) bond motifs is 1. The Morgan fingerprint density at radius 1 is 1.17 bits per heavy atom. The van der Waals surface area contributed by atoms with E-state index in [2.05, 4.69) is 26.1 Å². The van der Waals surface area contributed by atoms with Crippen molar-refractivity contribution in [1.29, 1.82) is 0 Å². The highest BCUT2D eigenvalue weighted by Crippen LogP contribution is 2.29. The summed E-state index contributed by atoms with van der Waals surface area (Å²) in [6.45, 7) is 0. The SMILES string of the molecule is Nc1ccc(-c2nnc3ccc(Br)cn23)c(Cl)c1. The van der Waals surface area contributed by atoms with E-state index in [4.69, 9.17) is 17.3 Å². The number of nitrogen functional groups attached to an aromatic ring is 1. The van der Waals surface area contributed by atoms with Crippen LogP contribution in [0.1, 0.15) is 0 Å². The Kier molecular flexibility index (Phi) is 2.72. The molecule has 0 fully saturated rings. The molecule has 0 spiro atoms.